The molecule has 3 nitrogen and oxygen atoms in total. The smallest absolute Gasteiger partial charge is 0.407 e. The first-order valence-electron chi connectivity index (χ1n) is 12.2. The van der Waals surface area contributed by atoms with Crippen molar-refractivity contribution in [2.24, 2.45) is 34.5 Å². The van der Waals surface area contributed by atoms with Crippen LogP contribution in [0.2, 0.25) is 0 Å². The summed E-state index contributed by atoms with van der Waals surface area (Å²) in [5.41, 5.74) is 2.27. The van der Waals surface area contributed by atoms with Crippen LogP contribution >= 0.6 is 0 Å². The van der Waals surface area contributed by atoms with Gasteiger partial charge >= 0.3 is 6.09 Å². The van der Waals surface area contributed by atoms with Crippen molar-refractivity contribution in [3.63, 3.8) is 0 Å². The summed E-state index contributed by atoms with van der Waals surface area (Å²) in [5.74, 6) is 3.47. The Morgan fingerprint density at radius 1 is 1.07 bits per heavy atom. The fourth-order valence-electron chi connectivity index (χ4n) is 8.19. The summed E-state index contributed by atoms with van der Waals surface area (Å²) in [5, 5.41) is 3.19. The predicted molar refractivity (Wildman–Crippen MR) is 119 cm³/mol. The van der Waals surface area contributed by atoms with Crippen LogP contribution in [0.15, 0.2) is 11.6 Å². The van der Waals surface area contributed by atoms with Crippen molar-refractivity contribution >= 4 is 6.09 Å². The maximum absolute atomic E-state index is 12.3. The molecule has 4 aliphatic carbocycles. The maximum Gasteiger partial charge on any atom is 0.407 e. The first-order chi connectivity index (χ1) is 13.6. The van der Waals surface area contributed by atoms with E-state index in [0.717, 1.165) is 36.5 Å². The summed E-state index contributed by atoms with van der Waals surface area (Å²) in [6.07, 6.45) is 14.0. The molecule has 0 spiro atoms. The van der Waals surface area contributed by atoms with E-state index in [4.69, 9.17) is 4.74 Å². The second-order valence-corrected chi connectivity index (χ2v) is 12.1. The van der Waals surface area contributed by atoms with Crippen LogP contribution in [0.1, 0.15) is 99.3 Å². The molecule has 0 aromatic carbocycles. The van der Waals surface area contributed by atoms with Gasteiger partial charge in [-0.05, 0) is 120 Å². The van der Waals surface area contributed by atoms with Crippen molar-refractivity contribution in [2.75, 3.05) is 0 Å². The van der Waals surface area contributed by atoms with Gasteiger partial charge in [0.2, 0.25) is 0 Å². The predicted octanol–water partition coefficient (Wildman–Crippen LogP) is 6.87. The number of rotatable bonds is 1. The molecule has 164 valence electrons. The number of nitrogens with one attached hydrogen (secondary N) is 1. The third-order valence-electron chi connectivity index (χ3n) is 9.58. The topological polar surface area (TPSA) is 38.3 Å². The molecule has 1 unspecified atom stereocenters. The molecule has 0 saturated heterocycles. The average Bonchev–Trinajstić information content (AvgIpc) is 2.96. The van der Waals surface area contributed by atoms with E-state index >= 15 is 0 Å². The molecule has 1 N–H and O–H groups in total. The lowest BCUT2D eigenvalue weighted by Crippen LogP contribution is -2.55. The molecule has 7 atom stereocenters. The second-order valence-electron chi connectivity index (χ2n) is 12.1. The van der Waals surface area contributed by atoms with Gasteiger partial charge in [0.05, 0.1) is 0 Å². The summed E-state index contributed by atoms with van der Waals surface area (Å²) in [4.78, 5) is 12.3. The van der Waals surface area contributed by atoms with Crippen molar-refractivity contribution in [3.8, 4) is 0 Å². The van der Waals surface area contributed by atoms with Crippen molar-refractivity contribution in [1.29, 1.82) is 0 Å². The molecule has 0 aliphatic heterocycles. The zero-order valence-electron chi connectivity index (χ0n) is 19.6. The molecule has 4 fully saturated rings. The maximum atomic E-state index is 12.3. The molecule has 4 saturated carbocycles. The fraction of sp³-hybridized carbons (Fsp3) is 0.885. The van der Waals surface area contributed by atoms with E-state index in [1.165, 1.54) is 44.9 Å². The van der Waals surface area contributed by atoms with Crippen molar-refractivity contribution in [2.45, 2.75) is 111 Å². The Morgan fingerprint density at radius 3 is 2.52 bits per heavy atom. The summed E-state index contributed by atoms with van der Waals surface area (Å²) < 4.78 is 5.51. The number of ether oxygens (including phenoxy) is 1. The molecule has 3 heteroatoms. The molecule has 0 radical (unpaired) electrons. The lowest BCUT2D eigenvalue weighted by atomic mass is 9.45. The lowest BCUT2D eigenvalue weighted by Gasteiger charge is -2.60. The standard InChI is InChI=1S/C26H43NO2/c1-7-17-9-11-21-20-10-8-18-16-19(27-23(28)29-24(2,3)4)12-14-26(18,6)22(20)13-15-25(17,21)5/h7,18-22H,8-16H2,1-6H3,(H,27,28)/b17-7-/t18?,19-,20-,21-,22-,25+,26-/m0/s1. The molecular weight excluding hydrogens is 358 g/mol. The van der Waals surface area contributed by atoms with Crippen LogP contribution in [0, 0.1) is 34.5 Å². The minimum Gasteiger partial charge on any atom is -0.444 e. The van der Waals surface area contributed by atoms with Gasteiger partial charge in [-0.15, -0.1) is 0 Å². The highest BCUT2D eigenvalue weighted by Crippen LogP contribution is 2.67. The minimum absolute atomic E-state index is 0.238. The van der Waals surface area contributed by atoms with Crippen molar-refractivity contribution in [3.05, 3.63) is 11.6 Å². The van der Waals surface area contributed by atoms with E-state index in [2.05, 4.69) is 32.2 Å². The Kier molecular flexibility index (Phi) is 5.35. The number of allylic oxidation sites excluding steroid dienone is 2. The molecule has 0 aromatic rings. The molecule has 0 heterocycles. The van der Waals surface area contributed by atoms with Gasteiger partial charge < -0.3 is 10.1 Å². The highest BCUT2D eigenvalue weighted by atomic mass is 16.6. The summed E-state index contributed by atoms with van der Waals surface area (Å²) >= 11 is 0. The zero-order valence-corrected chi connectivity index (χ0v) is 19.6. The molecule has 4 rings (SSSR count). The van der Waals surface area contributed by atoms with Gasteiger partial charge in [0.15, 0.2) is 0 Å². The lowest BCUT2D eigenvalue weighted by molar-refractivity contribution is -0.102. The summed E-state index contributed by atoms with van der Waals surface area (Å²) in [7, 11) is 0. The molecule has 4 aliphatic rings. The molecular formula is C26H43NO2. The highest BCUT2D eigenvalue weighted by molar-refractivity contribution is 5.68. The van der Waals surface area contributed by atoms with Gasteiger partial charge in [-0.25, -0.2) is 4.79 Å². The van der Waals surface area contributed by atoms with Gasteiger partial charge in [0, 0.05) is 6.04 Å². The minimum atomic E-state index is -0.423. The highest BCUT2D eigenvalue weighted by Gasteiger charge is 2.58. The molecule has 0 bridgehead atoms. The molecule has 0 aromatic heterocycles. The van der Waals surface area contributed by atoms with Crippen LogP contribution in [-0.4, -0.2) is 17.7 Å². The average molecular weight is 402 g/mol. The monoisotopic (exact) mass is 401 g/mol. The first kappa shape index (κ1) is 21.2. The largest absolute Gasteiger partial charge is 0.444 e. The van der Waals surface area contributed by atoms with E-state index in [-0.39, 0.29) is 12.1 Å². The van der Waals surface area contributed by atoms with Crippen molar-refractivity contribution in [1.82, 2.24) is 5.32 Å². The van der Waals surface area contributed by atoms with E-state index in [1.807, 2.05) is 20.8 Å². The van der Waals surface area contributed by atoms with E-state index < -0.39 is 5.60 Å². The number of carbonyl (C=O) groups is 1. The van der Waals surface area contributed by atoms with Crippen LogP contribution in [-0.2, 0) is 4.74 Å². The summed E-state index contributed by atoms with van der Waals surface area (Å²) in [6, 6.07) is 0.287. The zero-order chi connectivity index (χ0) is 21.0. The molecule has 29 heavy (non-hydrogen) atoms. The van der Waals surface area contributed by atoms with Gasteiger partial charge in [-0.1, -0.05) is 25.5 Å². The SMILES string of the molecule is C/C=C1/CC[C@H]2[C@@H]3CCC4C[C@@H](NC(=O)OC(C)(C)C)CC[C@]4(C)[C@H]3CC[C@]12C. The molecule has 1 amide bonds. The van der Waals surface area contributed by atoms with E-state index in [1.54, 1.807) is 5.57 Å². The van der Waals surface area contributed by atoms with Gasteiger partial charge in [-0.2, -0.15) is 0 Å². The summed E-state index contributed by atoms with van der Waals surface area (Å²) in [6.45, 7) is 13.2. The number of fused-ring (bicyclic) bond motifs is 5. The number of hydrogen-bond donors (Lipinski definition) is 1. The normalized spacial score (nSPS) is 45.9. The van der Waals surface area contributed by atoms with E-state index in [0.29, 0.717) is 10.8 Å². The Bertz CT molecular complexity index is 677. The van der Waals surface area contributed by atoms with Crippen molar-refractivity contribution < 1.29 is 9.53 Å². The Labute approximate surface area is 178 Å². The van der Waals surface area contributed by atoms with Crippen LogP contribution in [0.25, 0.3) is 0 Å². The first-order valence-corrected chi connectivity index (χ1v) is 12.2. The number of carbonyl (C=O) groups excluding carboxylic acids is 1. The number of amides is 1. The van der Waals surface area contributed by atoms with Gasteiger partial charge in [0.25, 0.3) is 0 Å². The second kappa shape index (κ2) is 7.31. The van der Waals surface area contributed by atoms with Crippen LogP contribution in [0.5, 0.6) is 0 Å². The Balaban J connectivity index is 1.44. The Morgan fingerprint density at radius 2 is 1.83 bits per heavy atom. The van der Waals surface area contributed by atoms with Gasteiger partial charge in [0.1, 0.15) is 5.60 Å². The van der Waals surface area contributed by atoms with Crippen LogP contribution < -0.4 is 5.32 Å². The fourth-order valence-corrected chi connectivity index (χ4v) is 8.19. The number of alkyl carbamates (subject to hydrolysis) is 1. The quantitative estimate of drug-likeness (QED) is 0.487. The third kappa shape index (κ3) is 3.65. The van der Waals surface area contributed by atoms with Gasteiger partial charge in [-0.3, -0.25) is 0 Å². The van der Waals surface area contributed by atoms with Crippen LogP contribution in [0.3, 0.4) is 0 Å². The van der Waals surface area contributed by atoms with Crippen LogP contribution in [0.4, 0.5) is 4.79 Å². The Hall–Kier alpha value is -0.990. The third-order valence-corrected chi connectivity index (χ3v) is 9.58. The van der Waals surface area contributed by atoms with E-state index in [9.17, 15) is 4.79 Å². The number of hydrogen-bond acceptors (Lipinski definition) is 2.